The van der Waals surface area contributed by atoms with Crippen LogP contribution in [0.2, 0.25) is 0 Å². The molecule has 2 heterocycles. The van der Waals surface area contributed by atoms with Crippen molar-refractivity contribution >= 4 is 23.4 Å². The van der Waals surface area contributed by atoms with Gasteiger partial charge in [-0.3, -0.25) is 4.79 Å². The number of thioether (sulfide) groups is 1. The van der Waals surface area contributed by atoms with E-state index < -0.39 is 0 Å². The predicted molar refractivity (Wildman–Crippen MR) is 94.7 cm³/mol. The van der Waals surface area contributed by atoms with Crippen molar-refractivity contribution in [1.82, 2.24) is 19.7 Å². The Bertz CT molecular complexity index is 831. The molecule has 3 rings (SSSR count). The van der Waals surface area contributed by atoms with Crippen LogP contribution in [-0.2, 0) is 0 Å². The Balaban J connectivity index is 1.75. The molecule has 0 fully saturated rings. The van der Waals surface area contributed by atoms with Crippen LogP contribution in [0, 0.1) is 6.92 Å². The molecule has 0 radical (unpaired) electrons. The fraction of sp³-hybridized carbons (Fsp3) is 0.176. The quantitative estimate of drug-likeness (QED) is 0.570. The normalized spacial score (nSPS) is 10.6. The molecule has 0 unspecified atom stereocenters. The minimum absolute atomic E-state index is 0.245. The Labute approximate surface area is 144 Å². The number of carbonyl (C=O) groups is 1. The van der Waals surface area contributed by atoms with Crippen molar-refractivity contribution < 1.29 is 4.79 Å². The van der Waals surface area contributed by atoms with Crippen LogP contribution in [0.25, 0.3) is 5.69 Å². The predicted octanol–water partition coefficient (Wildman–Crippen LogP) is 3.34. The summed E-state index contributed by atoms with van der Waals surface area (Å²) in [7, 11) is 0. The number of hydrogen-bond acceptors (Lipinski definition) is 5. The van der Waals surface area contributed by atoms with E-state index in [0.29, 0.717) is 16.5 Å². The SMILES string of the molecule is CCSc1nc(C)cc(C(=O)Nc2ccc(-n3cccn3)cc2)n1. The summed E-state index contributed by atoms with van der Waals surface area (Å²) in [6, 6.07) is 11.0. The number of nitrogens with zero attached hydrogens (tertiary/aromatic N) is 4. The van der Waals surface area contributed by atoms with Crippen molar-refractivity contribution in [2.45, 2.75) is 19.0 Å². The molecular formula is C17H17N5OS. The smallest absolute Gasteiger partial charge is 0.274 e. The molecule has 24 heavy (non-hydrogen) atoms. The first-order chi connectivity index (χ1) is 11.7. The average molecular weight is 339 g/mol. The summed E-state index contributed by atoms with van der Waals surface area (Å²) < 4.78 is 1.76. The van der Waals surface area contributed by atoms with Gasteiger partial charge >= 0.3 is 0 Å². The number of nitrogens with one attached hydrogen (secondary N) is 1. The van der Waals surface area contributed by atoms with Crippen LogP contribution in [-0.4, -0.2) is 31.4 Å². The van der Waals surface area contributed by atoms with Crippen molar-refractivity contribution in [2.75, 3.05) is 11.1 Å². The highest BCUT2D eigenvalue weighted by atomic mass is 32.2. The molecule has 1 amide bonds. The lowest BCUT2D eigenvalue weighted by Gasteiger charge is -2.08. The molecule has 6 nitrogen and oxygen atoms in total. The van der Waals surface area contributed by atoms with Crippen LogP contribution in [0.3, 0.4) is 0 Å². The second kappa shape index (κ2) is 7.27. The van der Waals surface area contributed by atoms with E-state index in [9.17, 15) is 4.79 Å². The molecule has 0 atom stereocenters. The van der Waals surface area contributed by atoms with Crippen LogP contribution < -0.4 is 5.32 Å². The van der Waals surface area contributed by atoms with Gasteiger partial charge in [0, 0.05) is 23.8 Å². The van der Waals surface area contributed by atoms with Gasteiger partial charge in [0.25, 0.3) is 5.91 Å². The first-order valence-corrected chi connectivity index (χ1v) is 8.54. The standard InChI is InChI=1S/C17H17N5OS/c1-3-24-17-19-12(2)11-15(21-17)16(23)20-13-5-7-14(8-6-13)22-10-4-9-18-22/h4-11H,3H2,1-2H3,(H,20,23). The highest BCUT2D eigenvalue weighted by Crippen LogP contribution is 2.16. The van der Waals surface area contributed by atoms with Crippen molar-refractivity contribution in [1.29, 1.82) is 0 Å². The molecule has 2 aromatic heterocycles. The van der Waals surface area contributed by atoms with Crippen LogP contribution in [0.4, 0.5) is 5.69 Å². The summed E-state index contributed by atoms with van der Waals surface area (Å²) in [5.41, 5.74) is 2.78. The van der Waals surface area contributed by atoms with E-state index in [1.165, 1.54) is 11.8 Å². The maximum atomic E-state index is 12.4. The minimum Gasteiger partial charge on any atom is -0.321 e. The van der Waals surface area contributed by atoms with Crippen molar-refractivity contribution in [2.24, 2.45) is 0 Å². The summed E-state index contributed by atoms with van der Waals surface area (Å²) in [6.07, 6.45) is 3.59. The van der Waals surface area contributed by atoms with Crippen LogP contribution in [0.15, 0.2) is 53.9 Å². The zero-order chi connectivity index (χ0) is 16.9. The van der Waals surface area contributed by atoms with Crippen LogP contribution >= 0.6 is 11.8 Å². The summed E-state index contributed by atoms with van der Waals surface area (Å²) >= 11 is 1.52. The molecule has 0 saturated heterocycles. The average Bonchev–Trinajstić information content (AvgIpc) is 3.10. The van der Waals surface area contributed by atoms with Gasteiger partial charge in [0.05, 0.1) is 5.69 Å². The number of amides is 1. The van der Waals surface area contributed by atoms with Crippen molar-refractivity contribution in [3.63, 3.8) is 0 Å². The highest BCUT2D eigenvalue weighted by Gasteiger charge is 2.11. The third kappa shape index (κ3) is 3.80. The number of anilines is 1. The maximum absolute atomic E-state index is 12.4. The van der Waals surface area contributed by atoms with Gasteiger partial charge in [-0.05, 0) is 49.1 Å². The van der Waals surface area contributed by atoms with Gasteiger partial charge in [-0.25, -0.2) is 14.6 Å². The minimum atomic E-state index is -0.245. The summed E-state index contributed by atoms with van der Waals surface area (Å²) in [5, 5.41) is 7.65. The zero-order valence-corrected chi connectivity index (χ0v) is 14.2. The molecule has 0 saturated carbocycles. The van der Waals surface area contributed by atoms with E-state index in [2.05, 4.69) is 20.4 Å². The second-order valence-corrected chi connectivity index (χ2v) is 6.29. The third-order valence-corrected chi connectivity index (χ3v) is 3.96. The van der Waals surface area contributed by atoms with Crippen molar-refractivity contribution in [3.8, 4) is 5.69 Å². The summed E-state index contributed by atoms with van der Waals surface area (Å²) in [4.78, 5) is 21.0. The number of carbonyl (C=O) groups excluding carboxylic acids is 1. The second-order valence-electron chi connectivity index (χ2n) is 5.06. The van der Waals surface area contributed by atoms with Gasteiger partial charge in [-0.15, -0.1) is 0 Å². The lowest BCUT2D eigenvalue weighted by molar-refractivity contribution is 0.102. The number of aryl methyl sites for hydroxylation is 1. The van der Waals surface area contributed by atoms with E-state index in [4.69, 9.17) is 0 Å². The van der Waals surface area contributed by atoms with Gasteiger partial charge in [0.15, 0.2) is 5.16 Å². The molecule has 0 aliphatic rings. The topological polar surface area (TPSA) is 72.7 Å². The lowest BCUT2D eigenvalue weighted by atomic mass is 10.2. The van der Waals surface area contributed by atoms with Gasteiger partial charge in [-0.2, -0.15) is 5.10 Å². The Kier molecular flexibility index (Phi) is 4.90. The van der Waals surface area contributed by atoms with E-state index in [-0.39, 0.29) is 5.91 Å². The molecule has 0 spiro atoms. The van der Waals surface area contributed by atoms with Gasteiger partial charge in [-0.1, -0.05) is 18.7 Å². The first-order valence-electron chi connectivity index (χ1n) is 7.55. The number of rotatable bonds is 5. The Hall–Kier alpha value is -2.67. The number of aromatic nitrogens is 4. The zero-order valence-electron chi connectivity index (χ0n) is 13.4. The van der Waals surface area contributed by atoms with Gasteiger partial charge < -0.3 is 5.32 Å². The first kappa shape index (κ1) is 16.2. The third-order valence-electron chi connectivity index (χ3n) is 3.23. The molecule has 7 heteroatoms. The highest BCUT2D eigenvalue weighted by molar-refractivity contribution is 7.99. The molecule has 0 aliphatic heterocycles. The van der Waals surface area contributed by atoms with E-state index >= 15 is 0 Å². The van der Waals surface area contributed by atoms with Crippen LogP contribution in [0.5, 0.6) is 0 Å². The summed E-state index contributed by atoms with van der Waals surface area (Å²) in [5.74, 6) is 0.615. The Morgan fingerprint density at radius 1 is 1.25 bits per heavy atom. The molecule has 3 aromatic rings. The fourth-order valence-electron chi connectivity index (χ4n) is 2.17. The van der Waals surface area contributed by atoms with Crippen molar-refractivity contribution in [3.05, 3.63) is 60.2 Å². The molecule has 1 N–H and O–H groups in total. The molecule has 1 aromatic carbocycles. The molecular weight excluding hydrogens is 322 g/mol. The van der Waals surface area contributed by atoms with E-state index in [1.54, 1.807) is 16.9 Å². The number of hydrogen-bond donors (Lipinski definition) is 1. The molecule has 122 valence electrons. The van der Waals surface area contributed by atoms with Gasteiger partial charge in [0.1, 0.15) is 5.69 Å². The van der Waals surface area contributed by atoms with E-state index in [0.717, 1.165) is 17.1 Å². The lowest BCUT2D eigenvalue weighted by Crippen LogP contribution is -2.15. The van der Waals surface area contributed by atoms with E-state index in [1.807, 2.05) is 50.4 Å². The summed E-state index contributed by atoms with van der Waals surface area (Å²) in [6.45, 7) is 3.88. The van der Waals surface area contributed by atoms with Crippen LogP contribution in [0.1, 0.15) is 23.1 Å². The Morgan fingerprint density at radius 2 is 2.04 bits per heavy atom. The Morgan fingerprint density at radius 3 is 2.71 bits per heavy atom. The fourth-order valence-corrected chi connectivity index (χ4v) is 2.80. The molecule has 0 bridgehead atoms. The van der Waals surface area contributed by atoms with Gasteiger partial charge in [0.2, 0.25) is 0 Å². The number of benzene rings is 1. The largest absolute Gasteiger partial charge is 0.321 e. The maximum Gasteiger partial charge on any atom is 0.274 e. The molecule has 0 aliphatic carbocycles. The monoisotopic (exact) mass is 339 g/mol.